The Labute approximate surface area is 189 Å². The van der Waals surface area contributed by atoms with Crippen molar-refractivity contribution in [2.75, 3.05) is 32.7 Å². The van der Waals surface area contributed by atoms with Gasteiger partial charge in [0.15, 0.2) is 0 Å². The number of urea groups is 1. The zero-order chi connectivity index (χ0) is 22.7. The van der Waals surface area contributed by atoms with E-state index in [-0.39, 0.29) is 18.4 Å². The van der Waals surface area contributed by atoms with Crippen LogP contribution in [0.15, 0.2) is 54.6 Å². The second-order valence-corrected chi connectivity index (χ2v) is 8.81. The standard InChI is InChI=1S/C25H30N4O3/c1-19-9-11-21(12-10-19)25(2)23(31)29(24(32)26-25)18-22(30)28-14-6-13-27(15-16-28)17-20-7-4-3-5-8-20/h3-5,7-12H,6,13-18H2,1-2H3,(H,26,32). The van der Waals surface area contributed by atoms with Gasteiger partial charge in [0.25, 0.3) is 5.91 Å². The summed E-state index contributed by atoms with van der Waals surface area (Å²) in [6.07, 6.45) is 0.861. The van der Waals surface area contributed by atoms with E-state index in [0.29, 0.717) is 18.7 Å². The van der Waals surface area contributed by atoms with Crippen LogP contribution in [0.25, 0.3) is 0 Å². The fourth-order valence-electron chi connectivity index (χ4n) is 4.38. The lowest BCUT2D eigenvalue weighted by Gasteiger charge is -2.25. The zero-order valence-corrected chi connectivity index (χ0v) is 18.7. The van der Waals surface area contributed by atoms with E-state index < -0.39 is 11.6 Å². The molecule has 4 rings (SSSR count). The predicted molar refractivity (Wildman–Crippen MR) is 122 cm³/mol. The van der Waals surface area contributed by atoms with Crippen LogP contribution in [0, 0.1) is 6.92 Å². The molecule has 32 heavy (non-hydrogen) atoms. The number of carbonyl (C=O) groups is 3. The van der Waals surface area contributed by atoms with Gasteiger partial charge < -0.3 is 10.2 Å². The number of rotatable bonds is 5. The van der Waals surface area contributed by atoms with E-state index in [4.69, 9.17) is 0 Å². The highest BCUT2D eigenvalue weighted by Crippen LogP contribution is 2.29. The lowest BCUT2D eigenvalue weighted by atomic mass is 9.91. The van der Waals surface area contributed by atoms with Gasteiger partial charge in [0.2, 0.25) is 5.91 Å². The molecule has 7 heteroatoms. The van der Waals surface area contributed by atoms with Crippen molar-refractivity contribution in [3.63, 3.8) is 0 Å². The van der Waals surface area contributed by atoms with Crippen LogP contribution in [0.4, 0.5) is 4.79 Å². The first-order chi connectivity index (χ1) is 15.4. The number of nitrogens with zero attached hydrogens (tertiary/aromatic N) is 3. The van der Waals surface area contributed by atoms with Crippen LogP contribution in [-0.4, -0.2) is 65.3 Å². The monoisotopic (exact) mass is 434 g/mol. The molecule has 0 aromatic heterocycles. The Morgan fingerprint density at radius 3 is 2.41 bits per heavy atom. The highest BCUT2D eigenvalue weighted by Gasteiger charge is 2.49. The van der Waals surface area contributed by atoms with Crippen molar-refractivity contribution >= 4 is 17.8 Å². The Hall–Kier alpha value is -3.19. The third-order valence-corrected chi connectivity index (χ3v) is 6.39. The van der Waals surface area contributed by atoms with Gasteiger partial charge in [0.1, 0.15) is 12.1 Å². The Bertz CT molecular complexity index is 992. The van der Waals surface area contributed by atoms with Crippen LogP contribution in [-0.2, 0) is 21.7 Å². The van der Waals surface area contributed by atoms with E-state index in [9.17, 15) is 14.4 Å². The summed E-state index contributed by atoms with van der Waals surface area (Å²) in [4.78, 5) is 43.9. The van der Waals surface area contributed by atoms with Crippen LogP contribution in [0.3, 0.4) is 0 Å². The number of benzene rings is 2. The molecule has 1 unspecified atom stereocenters. The lowest BCUT2D eigenvalue weighted by Crippen LogP contribution is -2.45. The van der Waals surface area contributed by atoms with E-state index >= 15 is 0 Å². The SMILES string of the molecule is Cc1ccc(C2(C)NC(=O)N(CC(=O)N3CCCN(Cc4ccccc4)CC3)C2=O)cc1. The van der Waals surface area contributed by atoms with Gasteiger partial charge in [-0.15, -0.1) is 0 Å². The second-order valence-electron chi connectivity index (χ2n) is 8.81. The maximum Gasteiger partial charge on any atom is 0.325 e. The van der Waals surface area contributed by atoms with Gasteiger partial charge in [0, 0.05) is 32.7 Å². The normalized spacial score (nSPS) is 22.1. The molecule has 2 aliphatic rings. The van der Waals surface area contributed by atoms with Gasteiger partial charge in [-0.05, 0) is 31.4 Å². The highest BCUT2D eigenvalue weighted by atomic mass is 16.2. The molecule has 2 fully saturated rings. The molecule has 0 bridgehead atoms. The van der Waals surface area contributed by atoms with Gasteiger partial charge in [-0.3, -0.25) is 19.4 Å². The number of hydrogen-bond donors (Lipinski definition) is 1. The summed E-state index contributed by atoms with van der Waals surface area (Å²) in [6, 6.07) is 17.3. The molecule has 2 saturated heterocycles. The van der Waals surface area contributed by atoms with Crippen LogP contribution < -0.4 is 5.32 Å². The molecule has 2 aromatic carbocycles. The van der Waals surface area contributed by atoms with Crippen LogP contribution in [0.1, 0.15) is 30.0 Å². The molecule has 1 atom stereocenters. The van der Waals surface area contributed by atoms with Gasteiger partial charge >= 0.3 is 6.03 Å². The van der Waals surface area contributed by atoms with Crippen LogP contribution >= 0.6 is 0 Å². The molecule has 0 radical (unpaired) electrons. The topological polar surface area (TPSA) is 73.0 Å². The summed E-state index contributed by atoms with van der Waals surface area (Å²) < 4.78 is 0. The van der Waals surface area contributed by atoms with Crippen molar-refractivity contribution in [3.8, 4) is 0 Å². The Kier molecular flexibility index (Phi) is 6.28. The first kappa shape index (κ1) is 22.0. The molecule has 0 saturated carbocycles. The fraction of sp³-hybridized carbons (Fsp3) is 0.400. The number of amides is 4. The van der Waals surface area contributed by atoms with Crippen LogP contribution in [0.2, 0.25) is 0 Å². The number of aryl methyl sites for hydroxylation is 1. The van der Waals surface area contributed by atoms with Gasteiger partial charge in [-0.2, -0.15) is 0 Å². The van der Waals surface area contributed by atoms with Crippen molar-refractivity contribution in [1.82, 2.24) is 20.0 Å². The summed E-state index contributed by atoms with van der Waals surface area (Å²) >= 11 is 0. The third-order valence-electron chi connectivity index (χ3n) is 6.39. The molecule has 0 aliphatic carbocycles. The highest BCUT2D eigenvalue weighted by molar-refractivity contribution is 6.09. The van der Waals surface area contributed by atoms with Gasteiger partial charge in [0.05, 0.1) is 0 Å². The maximum atomic E-state index is 13.1. The molecule has 168 valence electrons. The summed E-state index contributed by atoms with van der Waals surface area (Å²) in [5.74, 6) is -0.580. The molecular weight excluding hydrogens is 404 g/mol. The molecule has 2 heterocycles. The van der Waals surface area contributed by atoms with E-state index in [1.165, 1.54) is 5.56 Å². The molecule has 7 nitrogen and oxygen atoms in total. The van der Waals surface area contributed by atoms with Crippen molar-refractivity contribution in [1.29, 1.82) is 0 Å². The largest absolute Gasteiger partial charge is 0.340 e. The van der Waals surface area contributed by atoms with E-state index in [1.807, 2.05) is 49.4 Å². The molecule has 4 amide bonds. The average molecular weight is 435 g/mol. The summed E-state index contributed by atoms with van der Waals surface area (Å²) in [6.45, 7) is 7.17. The number of imide groups is 1. The van der Waals surface area contributed by atoms with Crippen LogP contribution in [0.5, 0.6) is 0 Å². The third kappa shape index (κ3) is 4.53. The molecule has 2 aliphatic heterocycles. The molecular formula is C25H30N4O3. The minimum atomic E-state index is -1.16. The lowest BCUT2D eigenvalue weighted by molar-refractivity contribution is -0.138. The van der Waals surface area contributed by atoms with Crippen molar-refractivity contribution in [3.05, 3.63) is 71.3 Å². The quantitative estimate of drug-likeness (QED) is 0.734. The van der Waals surface area contributed by atoms with Crippen molar-refractivity contribution < 1.29 is 14.4 Å². The summed E-state index contributed by atoms with van der Waals surface area (Å²) in [5, 5.41) is 2.78. The number of nitrogens with one attached hydrogen (secondary N) is 1. The number of carbonyl (C=O) groups excluding carboxylic acids is 3. The predicted octanol–water partition coefficient (Wildman–Crippen LogP) is 2.50. The van der Waals surface area contributed by atoms with E-state index in [1.54, 1.807) is 11.8 Å². The second kappa shape index (κ2) is 9.12. The summed E-state index contributed by atoms with van der Waals surface area (Å²) in [7, 11) is 0. The smallest absolute Gasteiger partial charge is 0.325 e. The molecule has 0 spiro atoms. The van der Waals surface area contributed by atoms with Crippen molar-refractivity contribution in [2.45, 2.75) is 32.4 Å². The van der Waals surface area contributed by atoms with Gasteiger partial charge in [-0.1, -0.05) is 60.2 Å². The fourth-order valence-corrected chi connectivity index (χ4v) is 4.38. The Morgan fingerprint density at radius 2 is 1.69 bits per heavy atom. The molecule has 2 aromatic rings. The van der Waals surface area contributed by atoms with Gasteiger partial charge in [-0.25, -0.2) is 4.79 Å². The zero-order valence-electron chi connectivity index (χ0n) is 18.7. The van der Waals surface area contributed by atoms with E-state index in [2.05, 4.69) is 22.3 Å². The van der Waals surface area contributed by atoms with Crippen molar-refractivity contribution in [2.24, 2.45) is 0 Å². The Morgan fingerprint density at radius 1 is 0.969 bits per heavy atom. The first-order valence-corrected chi connectivity index (χ1v) is 11.1. The summed E-state index contributed by atoms with van der Waals surface area (Å²) in [5.41, 5.74) is 1.88. The average Bonchev–Trinajstić information content (AvgIpc) is 2.94. The van der Waals surface area contributed by atoms with E-state index in [0.717, 1.165) is 36.5 Å². The Balaban J connectivity index is 1.37. The minimum absolute atomic E-state index is 0.191. The minimum Gasteiger partial charge on any atom is -0.340 e. The number of hydrogen-bond acceptors (Lipinski definition) is 4. The maximum absolute atomic E-state index is 13.1. The molecule has 1 N–H and O–H groups in total. The first-order valence-electron chi connectivity index (χ1n) is 11.1.